The van der Waals surface area contributed by atoms with Crippen LogP contribution in [0.3, 0.4) is 0 Å². The molecule has 318 valence electrons. The second-order valence-electron chi connectivity index (χ2n) is 19.3. The molecule has 1 aliphatic heterocycles. The van der Waals surface area contributed by atoms with E-state index in [1.54, 1.807) is 0 Å². The van der Waals surface area contributed by atoms with Gasteiger partial charge in [0, 0.05) is 12.1 Å². The third-order valence-corrected chi connectivity index (χ3v) is 15.7. The number of aliphatic imine (C=N–C) groups is 1. The summed E-state index contributed by atoms with van der Waals surface area (Å²) >= 11 is 0. The predicted molar refractivity (Wildman–Crippen MR) is 280 cm³/mol. The highest BCUT2D eigenvalue weighted by molar-refractivity contribution is 7.19. The maximum Gasteiger partial charge on any atom is 0.159 e. The molecular formula is C63H58BN. The van der Waals surface area contributed by atoms with Gasteiger partial charge in [0.1, 0.15) is 24.3 Å². The summed E-state index contributed by atoms with van der Waals surface area (Å²) in [6, 6.07) is 65.5. The minimum Gasteiger partial charge on any atom is -0.244 e. The highest BCUT2D eigenvalue weighted by Gasteiger charge is 2.58. The Labute approximate surface area is 387 Å². The van der Waals surface area contributed by atoms with Gasteiger partial charge < -0.3 is 0 Å². The van der Waals surface area contributed by atoms with Crippen molar-refractivity contribution in [3.63, 3.8) is 0 Å². The molecule has 0 radical (unpaired) electrons. The van der Waals surface area contributed by atoms with Crippen LogP contribution in [0.1, 0.15) is 68.2 Å². The molecule has 5 aliphatic carbocycles. The first-order valence-electron chi connectivity index (χ1n) is 23.8. The number of allylic oxidation sites excluding steroid dienone is 7. The second kappa shape index (κ2) is 18.3. The van der Waals surface area contributed by atoms with E-state index in [1.165, 1.54) is 78.9 Å². The lowest BCUT2D eigenvalue weighted by molar-refractivity contribution is -0.119. The molecule has 13 rings (SSSR count). The molecule has 2 bridgehead atoms. The van der Waals surface area contributed by atoms with Gasteiger partial charge in [-0.05, 0) is 74.6 Å². The molecule has 5 atom stereocenters. The minimum absolute atomic E-state index is 0.312. The SMILES string of the molecule is C1=Cc2ccc3ccccc3c2[C@H]2C(=C1)C=Cc1ccccc12.C[C@@H]1[C@H]2C[C@H](C[C@H]1C1=CN=CC[C+]=C1)C2(C)C.c1ccc([B-](c2ccccc2)(c2ccccc2)c2ccccc2)cc1. The highest BCUT2D eigenvalue weighted by atomic mass is 14.7. The van der Waals surface area contributed by atoms with Crippen molar-refractivity contribution in [2.24, 2.45) is 34.1 Å². The number of hydrogen-bond acceptors (Lipinski definition) is 1. The van der Waals surface area contributed by atoms with E-state index in [0.29, 0.717) is 11.3 Å². The molecule has 7 aromatic carbocycles. The van der Waals surface area contributed by atoms with Gasteiger partial charge in [0.2, 0.25) is 0 Å². The van der Waals surface area contributed by atoms with Gasteiger partial charge in [-0.1, -0.05) is 233 Å². The van der Waals surface area contributed by atoms with Gasteiger partial charge in [-0.15, -0.1) is 0 Å². The first kappa shape index (κ1) is 42.1. The molecular weight excluding hydrogens is 782 g/mol. The van der Waals surface area contributed by atoms with Crippen LogP contribution in [0.15, 0.2) is 229 Å². The van der Waals surface area contributed by atoms with E-state index in [2.05, 4.69) is 256 Å². The van der Waals surface area contributed by atoms with Crippen LogP contribution in [0.25, 0.3) is 22.9 Å². The lowest BCUT2D eigenvalue weighted by atomic mass is 9.13. The third kappa shape index (κ3) is 7.92. The van der Waals surface area contributed by atoms with Crippen LogP contribution in [0.5, 0.6) is 0 Å². The molecule has 1 nitrogen and oxygen atoms in total. The van der Waals surface area contributed by atoms with Crippen LogP contribution >= 0.6 is 0 Å². The number of hydrogen-bond donors (Lipinski definition) is 0. The lowest BCUT2D eigenvalue weighted by Gasteiger charge is -2.61. The fourth-order valence-corrected chi connectivity index (χ4v) is 12.3. The molecule has 7 aromatic rings. The smallest absolute Gasteiger partial charge is 0.159 e. The van der Waals surface area contributed by atoms with Crippen LogP contribution in [0.2, 0.25) is 0 Å². The van der Waals surface area contributed by atoms with E-state index < -0.39 is 6.15 Å². The number of fused-ring (bicyclic) bond motifs is 9. The summed E-state index contributed by atoms with van der Waals surface area (Å²) in [5.41, 5.74) is 14.2. The Balaban J connectivity index is 0.000000117. The lowest BCUT2D eigenvalue weighted by Crippen LogP contribution is -2.74. The highest BCUT2D eigenvalue weighted by Crippen LogP contribution is 2.64. The summed E-state index contributed by atoms with van der Waals surface area (Å²) in [6.45, 7) is 7.36. The van der Waals surface area contributed by atoms with E-state index in [4.69, 9.17) is 0 Å². The van der Waals surface area contributed by atoms with Gasteiger partial charge in [0.05, 0.1) is 12.0 Å². The van der Waals surface area contributed by atoms with E-state index >= 15 is 0 Å². The summed E-state index contributed by atoms with van der Waals surface area (Å²) in [7, 11) is 0. The zero-order valence-corrected chi connectivity index (χ0v) is 38.0. The summed E-state index contributed by atoms with van der Waals surface area (Å²) in [4.78, 5) is 4.36. The quantitative estimate of drug-likeness (QED) is 0.121. The van der Waals surface area contributed by atoms with Crippen LogP contribution in [0, 0.1) is 35.2 Å². The maximum atomic E-state index is 4.36. The van der Waals surface area contributed by atoms with E-state index in [1.807, 2.05) is 6.21 Å². The van der Waals surface area contributed by atoms with Crippen molar-refractivity contribution < 1.29 is 0 Å². The molecule has 2 heteroatoms. The predicted octanol–water partition coefficient (Wildman–Crippen LogP) is 13.0. The number of benzene rings is 7. The molecule has 0 saturated heterocycles. The van der Waals surface area contributed by atoms with E-state index in [9.17, 15) is 0 Å². The molecule has 6 aliphatic rings. The van der Waals surface area contributed by atoms with Crippen molar-refractivity contribution in [3.05, 3.63) is 252 Å². The molecule has 1 heterocycles. The van der Waals surface area contributed by atoms with Crippen molar-refractivity contribution >= 4 is 57.1 Å². The number of rotatable bonds is 5. The summed E-state index contributed by atoms with van der Waals surface area (Å²) in [5, 5.41) is 2.67. The fourth-order valence-electron chi connectivity index (χ4n) is 12.3. The Hall–Kier alpha value is -6.86. The van der Waals surface area contributed by atoms with Crippen molar-refractivity contribution in [3.8, 4) is 0 Å². The average Bonchev–Trinajstić information content (AvgIpc) is 3.76. The monoisotopic (exact) mass is 839 g/mol. The van der Waals surface area contributed by atoms with Crippen molar-refractivity contribution in [1.29, 1.82) is 0 Å². The topological polar surface area (TPSA) is 12.4 Å². The molecule has 3 saturated carbocycles. The summed E-state index contributed by atoms with van der Waals surface area (Å²) in [5.74, 6) is 3.66. The Bertz CT molecular complexity index is 2790. The molecule has 0 amide bonds. The van der Waals surface area contributed by atoms with Crippen LogP contribution < -0.4 is 21.9 Å². The largest absolute Gasteiger partial charge is 0.244 e. The van der Waals surface area contributed by atoms with Crippen molar-refractivity contribution in [2.45, 2.75) is 46.0 Å². The van der Waals surface area contributed by atoms with Gasteiger partial charge in [0.15, 0.2) is 6.08 Å². The zero-order chi connectivity index (χ0) is 44.2. The molecule has 3 fully saturated rings. The Morgan fingerprint density at radius 3 is 1.77 bits per heavy atom. The van der Waals surface area contributed by atoms with Crippen LogP contribution in [-0.4, -0.2) is 12.4 Å². The van der Waals surface area contributed by atoms with Gasteiger partial charge in [-0.3, -0.25) is 0 Å². The average molecular weight is 840 g/mol. The Morgan fingerprint density at radius 1 is 0.569 bits per heavy atom. The molecule has 0 aromatic heterocycles. The first-order valence-corrected chi connectivity index (χ1v) is 23.8. The van der Waals surface area contributed by atoms with Gasteiger partial charge >= 0.3 is 0 Å². The van der Waals surface area contributed by atoms with Gasteiger partial charge in [-0.2, -0.15) is 21.9 Å². The normalized spacial score (nSPS) is 21.7. The molecule has 0 spiro atoms. The van der Waals surface area contributed by atoms with Crippen LogP contribution in [-0.2, 0) is 0 Å². The second-order valence-corrected chi connectivity index (χ2v) is 19.3. The zero-order valence-electron chi connectivity index (χ0n) is 38.0. The first-order chi connectivity index (χ1) is 31.9. The Kier molecular flexibility index (Phi) is 11.9. The summed E-state index contributed by atoms with van der Waals surface area (Å²) < 4.78 is 0. The van der Waals surface area contributed by atoms with Crippen molar-refractivity contribution in [1.82, 2.24) is 0 Å². The van der Waals surface area contributed by atoms with Gasteiger partial charge in [0.25, 0.3) is 0 Å². The van der Waals surface area contributed by atoms with Gasteiger partial charge in [-0.25, -0.2) is 4.99 Å². The summed E-state index contributed by atoms with van der Waals surface area (Å²) in [6.07, 6.45) is 23.2. The van der Waals surface area contributed by atoms with Crippen molar-refractivity contribution in [2.75, 3.05) is 0 Å². The molecule has 0 unspecified atom stereocenters. The minimum atomic E-state index is -1.22. The van der Waals surface area contributed by atoms with E-state index in [-0.39, 0.29) is 0 Å². The number of nitrogens with zero attached hydrogens (tertiary/aromatic N) is 1. The molecule has 0 N–H and O–H groups in total. The van der Waals surface area contributed by atoms with Crippen LogP contribution in [0.4, 0.5) is 0 Å². The fraction of sp³-hybridized carbons (Fsp3) is 0.190. The maximum absolute atomic E-state index is 4.36. The third-order valence-electron chi connectivity index (χ3n) is 15.7. The molecule has 65 heavy (non-hydrogen) atoms. The Morgan fingerprint density at radius 2 is 1.15 bits per heavy atom. The standard InChI is InChI=1S/C24H20B.C23H16.C16H22N/c1-5-13-21(14-6-1)25(22-15-7-2-8-16-22,23-17-9-3-10-18-23)24-19-11-4-12-20-24;1-3-10-20-16(6-1)12-14-18-8-5-9-19-15-13-17-7-2-4-11-21(17)23(19)22(18)20;1-11-14(12-6-4-5-7-17-10-12)8-13-9-15(11)16(13,2)3/h1-20H;1-15,22H;6-7,10-11,13-15H,5,8-9H2,1-3H3/q-1;;+1/t;22-;11-,13-,14+,15+/m.00/s1. The van der Waals surface area contributed by atoms with E-state index in [0.717, 1.165) is 30.1 Å².